The average molecular weight is 285 g/mol. The first-order chi connectivity index (χ1) is 9.00. The minimum Gasteiger partial charge on any atom is -0.387 e. The first-order valence-corrected chi connectivity index (χ1v) is 6.29. The fourth-order valence-electron chi connectivity index (χ4n) is 1.20. The summed E-state index contributed by atoms with van der Waals surface area (Å²) in [4.78, 5) is 15.8. The van der Waals surface area contributed by atoms with Crippen LogP contribution in [0.15, 0.2) is 35.5 Å². The number of hydrogen-bond donors (Lipinski definition) is 2. The Hall–Kier alpha value is -1.59. The van der Waals surface area contributed by atoms with E-state index in [0.29, 0.717) is 5.56 Å². The number of amides is 1. The van der Waals surface area contributed by atoms with E-state index in [-0.39, 0.29) is 17.6 Å². The molecule has 0 radical (unpaired) electrons. The third-order valence-electron chi connectivity index (χ3n) is 2.32. The van der Waals surface area contributed by atoms with E-state index in [1.54, 1.807) is 12.1 Å². The van der Waals surface area contributed by atoms with Crippen molar-refractivity contribution in [2.75, 3.05) is 6.54 Å². The summed E-state index contributed by atoms with van der Waals surface area (Å²) in [6.45, 7) is 3.69. The van der Waals surface area contributed by atoms with Gasteiger partial charge in [0, 0.05) is 5.92 Å². The number of carbonyl (C=O) groups excluding carboxylic acids is 1. The maximum atomic E-state index is 11.3. The van der Waals surface area contributed by atoms with Crippen LogP contribution in [0.25, 0.3) is 0 Å². The zero-order valence-corrected chi connectivity index (χ0v) is 11.6. The van der Waals surface area contributed by atoms with Crippen molar-refractivity contribution in [3.63, 3.8) is 0 Å². The number of rotatable bonds is 5. The Kier molecular flexibility index (Phi) is 6.32. The average Bonchev–Trinajstić information content (AvgIpc) is 2.42. The largest absolute Gasteiger partial charge is 0.433 e. The quantitative estimate of drug-likeness (QED) is 0.496. The van der Waals surface area contributed by atoms with E-state index in [0.717, 1.165) is 0 Å². The van der Waals surface area contributed by atoms with Crippen LogP contribution in [0.1, 0.15) is 25.5 Å². The van der Waals surface area contributed by atoms with Crippen LogP contribution in [0.5, 0.6) is 0 Å². The molecule has 5 nitrogen and oxygen atoms in total. The minimum atomic E-state index is -0.793. The van der Waals surface area contributed by atoms with Crippen molar-refractivity contribution in [2.24, 2.45) is 11.1 Å². The fourth-order valence-corrected chi connectivity index (χ4v) is 1.23. The molecule has 0 spiro atoms. The molecule has 1 amide bonds. The number of oxime groups is 1. The number of hydrogen-bond acceptors (Lipinski definition) is 4. The molecule has 6 heteroatoms. The Labute approximate surface area is 117 Å². The maximum absolute atomic E-state index is 11.3. The lowest BCUT2D eigenvalue weighted by molar-refractivity contribution is 0.134. The monoisotopic (exact) mass is 284 g/mol. The maximum Gasteiger partial charge on any atom is 0.433 e. The highest BCUT2D eigenvalue weighted by molar-refractivity contribution is 6.65. The van der Waals surface area contributed by atoms with Crippen LogP contribution in [0.3, 0.4) is 0 Å². The van der Waals surface area contributed by atoms with Crippen molar-refractivity contribution in [3.05, 3.63) is 35.9 Å². The van der Waals surface area contributed by atoms with Gasteiger partial charge in [0.25, 0.3) is 0 Å². The molecule has 0 aliphatic heterocycles. The Morgan fingerprint density at radius 1 is 1.42 bits per heavy atom. The van der Waals surface area contributed by atoms with E-state index in [1.165, 1.54) is 0 Å². The number of aliphatic hydroxyl groups is 1. The predicted octanol–water partition coefficient (Wildman–Crippen LogP) is 2.65. The normalized spacial score (nSPS) is 13.2. The van der Waals surface area contributed by atoms with Crippen LogP contribution in [0.4, 0.5) is 4.79 Å². The number of halogens is 1. The molecular weight excluding hydrogens is 268 g/mol. The summed E-state index contributed by atoms with van der Waals surface area (Å²) in [7, 11) is 0. The van der Waals surface area contributed by atoms with Crippen LogP contribution in [-0.4, -0.2) is 22.9 Å². The number of aliphatic hydroxyl groups excluding tert-OH is 1. The SMILES string of the molecule is CC(C)C(Cl)=NOC(=O)NC[C@H](O)c1ccccc1. The number of benzene rings is 1. The van der Waals surface area contributed by atoms with Crippen molar-refractivity contribution in [3.8, 4) is 0 Å². The van der Waals surface area contributed by atoms with Gasteiger partial charge in [-0.2, -0.15) is 0 Å². The van der Waals surface area contributed by atoms with Crippen molar-refractivity contribution in [2.45, 2.75) is 20.0 Å². The molecule has 104 valence electrons. The molecule has 1 rings (SSSR count). The Balaban J connectivity index is 2.37. The van der Waals surface area contributed by atoms with E-state index < -0.39 is 12.2 Å². The fraction of sp³-hybridized carbons (Fsp3) is 0.385. The first-order valence-electron chi connectivity index (χ1n) is 5.92. The molecule has 0 unspecified atom stereocenters. The molecule has 2 N–H and O–H groups in total. The number of carbonyl (C=O) groups is 1. The molecule has 0 aliphatic rings. The van der Waals surface area contributed by atoms with Crippen molar-refractivity contribution < 1.29 is 14.7 Å². The van der Waals surface area contributed by atoms with Crippen LogP contribution in [-0.2, 0) is 4.84 Å². The molecular formula is C13H17ClN2O3. The summed E-state index contributed by atoms with van der Waals surface area (Å²) in [6, 6.07) is 9.00. The van der Waals surface area contributed by atoms with Gasteiger partial charge in [-0.15, -0.1) is 0 Å². The summed E-state index contributed by atoms with van der Waals surface area (Å²) < 4.78 is 0. The van der Waals surface area contributed by atoms with E-state index >= 15 is 0 Å². The topological polar surface area (TPSA) is 70.9 Å². The molecule has 1 aromatic rings. The van der Waals surface area contributed by atoms with Gasteiger partial charge >= 0.3 is 6.09 Å². The van der Waals surface area contributed by atoms with Gasteiger partial charge in [-0.1, -0.05) is 60.9 Å². The highest BCUT2D eigenvalue weighted by Crippen LogP contribution is 2.10. The second-order valence-corrected chi connectivity index (χ2v) is 4.64. The molecule has 0 saturated carbocycles. The molecule has 0 aliphatic carbocycles. The van der Waals surface area contributed by atoms with Gasteiger partial charge in [-0.3, -0.25) is 4.84 Å². The van der Waals surface area contributed by atoms with Gasteiger partial charge in [0.05, 0.1) is 12.6 Å². The smallest absolute Gasteiger partial charge is 0.387 e. The number of nitrogens with one attached hydrogen (secondary N) is 1. The van der Waals surface area contributed by atoms with E-state index in [1.807, 2.05) is 32.0 Å². The Bertz CT molecular complexity index is 435. The van der Waals surface area contributed by atoms with Crippen molar-refractivity contribution in [1.82, 2.24) is 5.32 Å². The molecule has 0 fully saturated rings. The van der Waals surface area contributed by atoms with Gasteiger partial charge in [0.1, 0.15) is 5.17 Å². The van der Waals surface area contributed by atoms with Crippen LogP contribution < -0.4 is 5.32 Å². The molecule has 0 bridgehead atoms. The zero-order chi connectivity index (χ0) is 14.3. The molecule has 0 saturated heterocycles. The third-order valence-corrected chi connectivity index (χ3v) is 2.82. The molecule has 1 atom stereocenters. The second kappa shape index (κ2) is 7.76. The van der Waals surface area contributed by atoms with Crippen LogP contribution >= 0.6 is 11.6 Å². The second-order valence-electron chi connectivity index (χ2n) is 4.25. The van der Waals surface area contributed by atoms with Crippen LogP contribution in [0, 0.1) is 5.92 Å². The summed E-state index contributed by atoms with van der Waals surface area (Å²) in [5.74, 6) is -0.00984. The first kappa shape index (κ1) is 15.5. The van der Waals surface area contributed by atoms with E-state index in [2.05, 4.69) is 15.3 Å². The highest BCUT2D eigenvalue weighted by Gasteiger charge is 2.10. The number of nitrogens with zero attached hydrogens (tertiary/aromatic N) is 1. The lowest BCUT2D eigenvalue weighted by atomic mass is 10.1. The minimum absolute atomic E-state index is 0.00984. The van der Waals surface area contributed by atoms with Gasteiger partial charge < -0.3 is 10.4 Å². The third kappa shape index (κ3) is 5.72. The standard InChI is InChI=1S/C13H17ClN2O3/c1-9(2)12(14)16-19-13(18)15-8-11(17)10-6-4-3-5-7-10/h3-7,9,11,17H,8H2,1-2H3,(H,15,18)/t11-/m0/s1. The van der Waals surface area contributed by atoms with Gasteiger partial charge in [-0.05, 0) is 5.56 Å². The van der Waals surface area contributed by atoms with Crippen molar-refractivity contribution in [1.29, 1.82) is 0 Å². The van der Waals surface area contributed by atoms with E-state index in [9.17, 15) is 9.90 Å². The van der Waals surface area contributed by atoms with E-state index in [4.69, 9.17) is 11.6 Å². The Morgan fingerprint density at radius 2 is 2.05 bits per heavy atom. The van der Waals surface area contributed by atoms with Gasteiger partial charge in [0.15, 0.2) is 0 Å². The van der Waals surface area contributed by atoms with Crippen LogP contribution in [0.2, 0.25) is 0 Å². The van der Waals surface area contributed by atoms with Gasteiger partial charge in [0.2, 0.25) is 0 Å². The molecule has 0 heterocycles. The lowest BCUT2D eigenvalue weighted by Gasteiger charge is -2.11. The Morgan fingerprint density at radius 3 is 2.63 bits per heavy atom. The summed E-state index contributed by atoms with van der Waals surface area (Å²) in [5.41, 5.74) is 0.714. The summed E-state index contributed by atoms with van der Waals surface area (Å²) in [5, 5.41) is 15.9. The lowest BCUT2D eigenvalue weighted by Crippen LogP contribution is -2.28. The summed E-state index contributed by atoms with van der Waals surface area (Å²) in [6.07, 6.45) is -1.55. The summed E-state index contributed by atoms with van der Waals surface area (Å²) >= 11 is 5.71. The predicted molar refractivity (Wildman–Crippen MR) is 74.0 cm³/mol. The molecule has 19 heavy (non-hydrogen) atoms. The zero-order valence-electron chi connectivity index (χ0n) is 10.8. The van der Waals surface area contributed by atoms with Gasteiger partial charge in [-0.25, -0.2) is 4.79 Å². The van der Waals surface area contributed by atoms with Crippen molar-refractivity contribution >= 4 is 22.9 Å². The molecule has 0 aromatic heterocycles. The molecule has 1 aromatic carbocycles. The highest BCUT2D eigenvalue weighted by atomic mass is 35.5.